The van der Waals surface area contributed by atoms with Gasteiger partial charge >= 0.3 is 5.69 Å². The van der Waals surface area contributed by atoms with Gasteiger partial charge in [-0.05, 0) is 30.5 Å². The molecule has 6 heteroatoms. The second-order valence-corrected chi connectivity index (χ2v) is 5.15. The number of nitrogens with zero attached hydrogens (tertiary/aromatic N) is 3. The highest BCUT2D eigenvalue weighted by Gasteiger charge is 2.18. The molecule has 1 atom stereocenters. The molecule has 0 fully saturated rings. The predicted octanol–water partition coefficient (Wildman–Crippen LogP) is 1.22. The molecule has 5 nitrogen and oxygen atoms in total. The number of rotatable bonds is 3. The first kappa shape index (κ1) is 13.1. The summed E-state index contributed by atoms with van der Waals surface area (Å²) in [5, 5.41) is 4.33. The Labute approximate surface area is 115 Å². The molecule has 0 radical (unpaired) electrons. The van der Waals surface area contributed by atoms with Gasteiger partial charge in [0.1, 0.15) is 11.6 Å². The second-order valence-electron chi connectivity index (χ2n) is 5.15. The van der Waals surface area contributed by atoms with Crippen LogP contribution in [0.15, 0.2) is 29.1 Å². The monoisotopic (exact) mass is 276 g/mol. The summed E-state index contributed by atoms with van der Waals surface area (Å²) in [4.78, 5) is 12.2. The van der Waals surface area contributed by atoms with Crippen LogP contribution < -0.4 is 11.4 Å². The summed E-state index contributed by atoms with van der Waals surface area (Å²) < 4.78 is 16.3. The van der Waals surface area contributed by atoms with E-state index in [1.54, 1.807) is 16.7 Å². The van der Waals surface area contributed by atoms with Crippen molar-refractivity contribution < 1.29 is 4.39 Å². The van der Waals surface area contributed by atoms with E-state index in [2.05, 4.69) is 5.10 Å². The smallest absolute Gasteiger partial charge is 0.322 e. The van der Waals surface area contributed by atoms with Crippen molar-refractivity contribution in [2.24, 2.45) is 5.73 Å². The topological polar surface area (TPSA) is 65.8 Å². The third kappa shape index (κ3) is 2.38. The van der Waals surface area contributed by atoms with Crippen LogP contribution >= 0.6 is 0 Å². The minimum absolute atomic E-state index is 0.119. The van der Waals surface area contributed by atoms with Crippen molar-refractivity contribution in [3.05, 3.63) is 52.0 Å². The van der Waals surface area contributed by atoms with Gasteiger partial charge in [-0.3, -0.25) is 4.57 Å². The standard InChI is InChI=1S/C14H17FN4O/c15-11-5-3-4-10(8-11)12(16)9-19-14(20)18-7-2-1-6-13(18)17-19/h3-5,8,12H,1-2,6-7,9,16H2. The quantitative estimate of drug-likeness (QED) is 0.916. The zero-order chi connectivity index (χ0) is 14.1. The lowest BCUT2D eigenvalue weighted by atomic mass is 10.1. The lowest BCUT2D eigenvalue weighted by Gasteiger charge is -2.11. The van der Waals surface area contributed by atoms with Gasteiger partial charge in [0.25, 0.3) is 0 Å². The minimum atomic E-state index is -0.444. The second kappa shape index (κ2) is 5.20. The average molecular weight is 276 g/mol. The Hall–Kier alpha value is -1.95. The van der Waals surface area contributed by atoms with Crippen LogP contribution in [0.3, 0.4) is 0 Å². The summed E-state index contributed by atoms with van der Waals surface area (Å²) in [7, 11) is 0. The Balaban J connectivity index is 1.84. The van der Waals surface area contributed by atoms with E-state index in [-0.39, 0.29) is 18.1 Å². The predicted molar refractivity (Wildman–Crippen MR) is 72.8 cm³/mol. The molecule has 0 amide bonds. The van der Waals surface area contributed by atoms with Gasteiger partial charge in [-0.1, -0.05) is 12.1 Å². The molecule has 2 heterocycles. The number of hydrogen-bond donors (Lipinski definition) is 1. The fraction of sp³-hybridized carbons (Fsp3) is 0.429. The van der Waals surface area contributed by atoms with E-state index in [0.717, 1.165) is 31.6 Å². The highest BCUT2D eigenvalue weighted by atomic mass is 19.1. The third-order valence-corrected chi connectivity index (χ3v) is 3.68. The normalized spacial score (nSPS) is 15.9. The van der Waals surface area contributed by atoms with Gasteiger partial charge in [-0.25, -0.2) is 13.9 Å². The van der Waals surface area contributed by atoms with Crippen LogP contribution in [-0.2, 0) is 19.5 Å². The Morgan fingerprint density at radius 3 is 3.00 bits per heavy atom. The molecule has 0 saturated carbocycles. The van der Waals surface area contributed by atoms with Crippen molar-refractivity contribution in [1.82, 2.24) is 14.3 Å². The summed E-state index contributed by atoms with van der Waals surface area (Å²) in [6.45, 7) is 0.992. The Kier molecular flexibility index (Phi) is 3.40. The summed E-state index contributed by atoms with van der Waals surface area (Å²) in [6, 6.07) is 5.70. The molecule has 106 valence electrons. The van der Waals surface area contributed by atoms with Gasteiger partial charge in [-0.2, -0.15) is 5.10 Å². The minimum Gasteiger partial charge on any atom is -0.322 e. The molecule has 0 bridgehead atoms. The summed E-state index contributed by atoms with van der Waals surface area (Å²) in [6.07, 6.45) is 2.90. The van der Waals surface area contributed by atoms with E-state index in [1.807, 2.05) is 0 Å². The van der Waals surface area contributed by atoms with Crippen LogP contribution in [0.5, 0.6) is 0 Å². The first-order valence-electron chi connectivity index (χ1n) is 6.83. The number of aryl methyl sites for hydroxylation is 1. The lowest BCUT2D eigenvalue weighted by Crippen LogP contribution is -2.30. The summed E-state index contributed by atoms with van der Waals surface area (Å²) in [5.41, 5.74) is 6.60. The number of aromatic nitrogens is 3. The number of hydrogen-bond acceptors (Lipinski definition) is 3. The van der Waals surface area contributed by atoms with Crippen LogP contribution in [0.25, 0.3) is 0 Å². The maximum absolute atomic E-state index is 13.2. The first-order chi connectivity index (χ1) is 9.65. The Morgan fingerprint density at radius 1 is 1.40 bits per heavy atom. The molecule has 20 heavy (non-hydrogen) atoms. The van der Waals surface area contributed by atoms with Crippen LogP contribution in [0.1, 0.15) is 30.3 Å². The van der Waals surface area contributed by atoms with Crippen molar-refractivity contribution in [3.63, 3.8) is 0 Å². The zero-order valence-corrected chi connectivity index (χ0v) is 11.1. The maximum atomic E-state index is 13.2. The number of halogens is 1. The fourth-order valence-electron chi connectivity index (χ4n) is 2.60. The third-order valence-electron chi connectivity index (χ3n) is 3.68. The number of fused-ring (bicyclic) bond motifs is 1. The van der Waals surface area contributed by atoms with Crippen LogP contribution in [-0.4, -0.2) is 14.3 Å². The van der Waals surface area contributed by atoms with Crippen LogP contribution in [0, 0.1) is 5.82 Å². The number of nitrogens with two attached hydrogens (primary N) is 1. The highest BCUT2D eigenvalue weighted by molar-refractivity contribution is 5.19. The molecule has 0 spiro atoms. The number of benzene rings is 1. The Morgan fingerprint density at radius 2 is 2.25 bits per heavy atom. The summed E-state index contributed by atoms with van der Waals surface area (Å²) in [5.74, 6) is 0.502. The van der Waals surface area contributed by atoms with Gasteiger partial charge < -0.3 is 5.73 Å². The maximum Gasteiger partial charge on any atom is 0.345 e. The Bertz CT molecular complexity index is 676. The lowest BCUT2D eigenvalue weighted by molar-refractivity contribution is 0.496. The van der Waals surface area contributed by atoms with E-state index in [1.165, 1.54) is 16.8 Å². The SMILES string of the molecule is NC(Cn1nc2n(c1=O)CCCC2)c1cccc(F)c1. The van der Waals surface area contributed by atoms with E-state index in [4.69, 9.17) is 5.73 Å². The fourth-order valence-corrected chi connectivity index (χ4v) is 2.60. The summed E-state index contributed by atoms with van der Waals surface area (Å²) >= 11 is 0. The van der Waals surface area contributed by atoms with E-state index < -0.39 is 6.04 Å². The molecule has 1 unspecified atom stereocenters. The molecule has 1 aromatic heterocycles. The molecule has 1 aromatic carbocycles. The molecule has 1 aliphatic heterocycles. The molecule has 1 aliphatic rings. The van der Waals surface area contributed by atoms with E-state index >= 15 is 0 Å². The van der Waals surface area contributed by atoms with Crippen molar-refractivity contribution in [1.29, 1.82) is 0 Å². The average Bonchev–Trinajstić information content (AvgIpc) is 2.76. The van der Waals surface area contributed by atoms with E-state index in [0.29, 0.717) is 5.56 Å². The van der Waals surface area contributed by atoms with Crippen molar-refractivity contribution in [3.8, 4) is 0 Å². The largest absolute Gasteiger partial charge is 0.345 e. The van der Waals surface area contributed by atoms with Gasteiger partial charge in [0.05, 0.1) is 6.54 Å². The van der Waals surface area contributed by atoms with E-state index in [9.17, 15) is 9.18 Å². The molecule has 2 aromatic rings. The first-order valence-corrected chi connectivity index (χ1v) is 6.83. The van der Waals surface area contributed by atoms with Crippen molar-refractivity contribution >= 4 is 0 Å². The van der Waals surface area contributed by atoms with Crippen molar-refractivity contribution in [2.75, 3.05) is 0 Å². The van der Waals surface area contributed by atoms with Crippen molar-refractivity contribution in [2.45, 2.75) is 38.4 Å². The molecule has 0 aliphatic carbocycles. The van der Waals surface area contributed by atoms with Crippen LogP contribution in [0.2, 0.25) is 0 Å². The van der Waals surface area contributed by atoms with Gasteiger partial charge in [-0.15, -0.1) is 0 Å². The highest BCUT2D eigenvalue weighted by Crippen LogP contribution is 2.14. The molecule has 2 N–H and O–H groups in total. The molecule has 3 rings (SSSR count). The van der Waals surface area contributed by atoms with Gasteiger partial charge in [0, 0.05) is 19.0 Å². The molecular weight excluding hydrogens is 259 g/mol. The molecule has 0 saturated heterocycles. The van der Waals surface area contributed by atoms with Gasteiger partial charge in [0.15, 0.2) is 0 Å². The van der Waals surface area contributed by atoms with Gasteiger partial charge in [0.2, 0.25) is 0 Å². The van der Waals surface area contributed by atoms with Crippen LogP contribution in [0.4, 0.5) is 4.39 Å². The zero-order valence-electron chi connectivity index (χ0n) is 11.1. The molecular formula is C14H17FN4O.